The predicted molar refractivity (Wildman–Crippen MR) is 53.3 cm³/mol. The molecule has 1 amide bonds. The number of amides is 1. The van der Waals surface area contributed by atoms with Crippen LogP contribution in [0.5, 0.6) is 0 Å². The molecule has 1 N–H and O–H groups in total. The van der Waals surface area contributed by atoms with E-state index < -0.39 is 21.3 Å². The highest BCUT2D eigenvalue weighted by Crippen LogP contribution is 2.12. The molecule has 0 saturated heterocycles. The maximum atomic E-state index is 11.3. The molecule has 0 aromatic carbocycles. The van der Waals surface area contributed by atoms with E-state index in [4.69, 9.17) is 0 Å². The molecule has 0 unspecified atom stereocenters. The van der Waals surface area contributed by atoms with E-state index in [1.54, 1.807) is 20.8 Å². The van der Waals surface area contributed by atoms with Crippen molar-refractivity contribution >= 4 is 15.9 Å². The smallest absolute Gasteiger partial charge is 0.238 e. The monoisotopic (exact) mass is 223 g/mol. The lowest BCUT2D eigenvalue weighted by Crippen LogP contribution is -2.40. The summed E-state index contributed by atoms with van der Waals surface area (Å²) >= 11 is 0. The first-order chi connectivity index (χ1) is 6.19. The molecule has 0 aromatic rings. The average Bonchev–Trinajstić information content (AvgIpc) is 1.98. The van der Waals surface area contributed by atoms with Crippen LogP contribution in [0.15, 0.2) is 0 Å². The lowest BCUT2D eigenvalue weighted by molar-refractivity contribution is -0.126. The van der Waals surface area contributed by atoms with Gasteiger partial charge in [-0.1, -0.05) is 20.8 Å². The summed E-state index contributed by atoms with van der Waals surface area (Å²) in [5.74, 6) is -0.709. The molecule has 0 heterocycles. The molecular weight excluding hydrogens is 206 g/mol. The first-order valence-corrected chi connectivity index (χ1v) is 5.88. The molecule has 6 heteroatoms. The second-order valence-electron chi connectivity index (χ2n) is 3.99. The van der Waals surface area contributed by atoms with E-state index in [9.17, 15) is 13.2 Å². The molecule has 0 bridgehead atoms. The average molecular weight is 223 g/mol. The van der Waals surface area contributed by atoms with Crippen LogP contribution in [0, 0.1) is 5.41 Å². The third-order valence-electron chi connectivity index (χ3n) is 1.49. The third-order valence-corrected chi connectivity index (χ3v) is 2.69. The van der Waals surface area contributed by atoms with Crippen LogP contribution in [0.25, 0.3) is 0 Å². The molecule has 0 aliphatic rings. The first-order valence-electron chi connectivity index (χ1n) is 4.23. The highest BCUT2D eigenvalue weighted by atomic mass is 32.2. The van der Waals surface area contributed by atoms with Crippen molar-refractivity contribution in [2.45, 2.75) is 20.8 Å². The second-order valence-corrected chi connectivity index (χ2v) is 5.83. The number of carbonyl (C=O) groups is 1. The van der Waals surface area contributed by atoms with Crippen LogP contribution in [0.2, 0.25) is 0 Å². The number of ether oxygens (including phenoxy) is 1. The molecule has 0 spiro atoms. The van der Waals surface area contributed by atoms with Crippen molar-refractivity contribution in [1.29, 1.82) is 0 Å². The summed E-state index contributed by atoms with van der Waals surface area (Å²) in [4.78, 5) is 11.3. The molecule has 14 heavy (non-hydrogen) atoms. The van der Waals surface area contributed by atoms with Gasteiger partial charge in [0.25, 0.3) is 0 Å². The molecule has 0 fully saturated rings. The van der Waals surface area contributed by atoms with Gasteiger partial charge in [0, 0.05) is 12.5 Å². The van der Waals surface area contributed by atoms with Crippen molar-refractivity contribution in [3.05, 3.63) is 0 Å². The number of methoxy groups -OCH3 is 1. The Morgan fingerprint density at radius 2 is 1.86 bits per heavy atom. The van der Waals surface area contributed by atoms with E-state index in [2.05, 4.69) is 4.74 Å². The maximum absolute atomic E-state index is 11.3. The van der Waals surface area contributed by atoms with Crippen molar-refractivity contribution in [3.63, 3.8) is 0 Å². The quantitative estimate of drug-likeness (QED) is 0.735. The summed E-state index contributed by atoms with van der Waals surface area (Å²) in [7, 11) is -2.15. The van der Waals surface area contributed by atoms with Gasteiger partial charge in [0.1, 0.15) is 0 Å². The Kier molecular flexibility index (Phi) is 4.54. The topological polar surface area (TPSA) is 72.5 Å². The Morgan fingerprint density at radius 1 is 1.36 bits per heavy atom. The van der Waals surface area contributed by atoms with Gasteiger partial charge in [0.05, 0.1) is 12.4 Å². The molecule has 0 aliphatic heterocycles. The minimum Gasteiger partial charge on any atom is -0.384 e. The van der Waals surface area contributed by atoms with Gasteiger partial charge in [-0.05, 0) is 0 Å². The number of rotatable bonds is 4. The molecular formula is C8H17NO4S. The molecule has 0 rings (SSSR count). The minimum absolute atomic E-state index is 0.0761. The molecule has 84 valence electrons. The SMILES string of the molecule is COCCS(=O)(=O)NC(=O)C(C)(C)C. The van der Waals surface area contributed by atoms with E-state index in [1.165, 1.54) is 7.11 Å². The maximum Gasteiger partial charge on any atom is 0.238 e. The predicted octanol–water partition coefficient (Wildman–Crippen LogP) is 0.125. The van der Waals surface area contributed by atoms with Crippen LogP contribution in [-0.2, 0) is 19.6 Å². The number of sulfonamides is 1. The zero-order valence-corrected chi connectivity index (χ0v) is 9.77. The van der Waals surface area contributed by atoms with E-state index in [-0.39, 0.29) is 12.4 Å². The first kappa shape index (κ1) is 13.4. The number of hydrogen-bond acceptors (Lipinski definition) is 4. The van der Waals surface area contributed by atoms with E-state index in [0.29, 0.717) is 0 Å². The summed E-state index contributed by atoms with van der Waals surface area (Å²) in [6.07, 6.45) is 0. The number of hydrogen-bond donors (Lipinski definition) is 1. The Bertz CT molecular complexity index is 289. The van der Waals surface area contributed by atoms with E-state index >= 15 is 0 Å². The van der Waals surface area contributed by atoms with Crippen molar-refractivity contribution in [3.8, 4) is 0 Å². The second kappa shape index (κ2) is 4.75. The summed E-state index contributed by atoms with van der Waals surface area (Å²) in [6, 6.07) is 0. The summed E-state index contributed by atoms with van der Waals surface area (Å²) < 4.78 is 29.1. The highest BCUT2D eigenvalue weighted by molar-refractivity contribution is 7.90. The molecule has 0 aliphatic carbocycles. The van der Waals surface area contributed by atoms with Gasteiger partial charge in [-0.3, -0.25) is 9.52 Å². The van der Waals surface area contributed by atoms with Crippen LogP contribution >= 0.6 is 0 Å². The fraction of sp³-hybridized carbons (Fsp3) is 0.875. The van der Waals surface area contributed by atoms with Gasteiger partial charge >= 0.3 is 0 Å². The normalized spacial score (nSPS) is 12.6. The Hall–Kier alpha value is -0.620. The van der Waals surface area contributed by atoms with Gasteiger partial charge in [0.2, 0.25) is 15.9 Å². The molecule has 0 aromatic heterocycles. The summed E-state index contributed by atoms with van der Waals surface area (Å²) in [5, 5.41) is 0. The van der Waals surface area contributed by atoms with Gasteiger partial charge in [-0.15, -0.1) is 0 Å². The largest absolute Gasteiger partial charge is 0.384 e. The van der Waals surface area contributed by atoms with Crippen LogP contribution in [0.3, 0.4) is 0 Å². The third kappa shape index (κ3) is 5.18. The lowest BCUT2D eigenvalue weighted by Gasteiger charge is -2.17. The standard InChI is InChI=1S/C8H17NO4S/c1-8(2,3)7(10)9-14(11,12)6-5-13-4/h5-6H2,1-4H3,(H,9,10). The van der Waals surface area contributed by atoms with Crippen LogP contribution in [0.1, 0.15) is 20.8 Å². The van der Waals surface area contributed by atoms with Gasteiger partial charge < -0.3 is 4.74 Å². The van der Waals surface area contributed by atoms with E-state index in [0.717, 1.165) is 0 Å². The Morgan fingerprint density at radius 3 is 2.21 bits per heavy atom. The fourth-order valence-electron chi connectivity index (χ4n) is 0.538. The van der Waals surface area contributed by atoms with Crippen LogP contribution in [0.4, 0.5) is 0 Å². The Balaban J connectivity index is 4.31. The molecule has 0 saturated carbocycles. The summed E-state index contributed by atoms with van der Waals surface area (Å²) in [5.41, 5.74) is -0.708. The van der Waals surface area contributed by atoms with Crippen LogP contribution in [-0.4, -0.2) is 33.8 Å². The number of carbonyl (C=O) groups excluding carboxylic acids is 1. The number of nitrogens with one attached hydrogen (secondary N) is 1. The van der Waals surface area contributed by atoms with Crippen molar-refractivity contribution in [2.24, 2.45) is 5.41 Å². The zero-order valence-electron chi connectivity index (χ0n) is 8.96. The fourth-order valence-corrected chi connectivity index (χ4v) is 1.62. The molecule has 0 atom stereocenters. The van der Waals surface area contributed by atoms with Gasteiger partial charge in [-0.25, -0.2) is 8.42 Å². The molecule has 0 radical (unpaired) electrons. The minimum atomic E-state index is -3.55. The van der Waals surface area contributed by atoms with Gasteiger partial charge in [-0.2, -0.15) is 0 Å². The Labute approximate surface area is 84.9 Å². The van der Waals surface area contributed by atoms with Gasteiger partial charge in [0.15, 0.2) is 0 Å². The van der Waals surface area contributed by atoms with E-state index in [1.807, 2.05) is 4.72 Å². The summed E-state index contributed by atoms with van der Waals surface area (Å²) in [6.45, 7) is 5.02. The van der Waals surface area contributed by atoms with Crippen molar-refractivity contribution < 1.29 is 17.9 Å². The van der Waals surface area contributed by atoms with Crippen molar-refractivity contribution in [2.75, 3.05) is 19.5 Å². The van der Waals surface area contributed by atoms with Crippen molar-refractivity contribution in [1.82, 2.24) is 4.72 Å². The lowest BCUT2D eigenvalue weighted by atomic mass is 9.96. The van der Waals surface area contributed by atoms with Crippen LogP contribution < -0.4 is 4.72 Å². The molecule has 5 nitrogen and oxygen atoms in total. The zero-order chi connectivity index (χ0) is 11.4. The highest BCUT2D eigenvalue weighted by Gasteiger charge is 2.25.